The van der Waals surface area contributed by atoms with E-state index in [0.717, 1.165) is 25.3 Å². The quantitative estimate of drug-likeness (QED) is 0.274. The van der Waals surface area contributed by atoms with Gasteiger partial charge in [0.05, 0.1) is 30.3 Å². The van der Waals surface area contributed by atoms with Crippen LogP contribution in [0.1, 0.15) is 25.3 Å². The van der Waals surface area contributed by atoms with Gasteiger partial charge < -0.3 is 13.9 Å². The molecule has 1 fully saturated rings. The summed E-state index contributed by atoms with van der Waals surface area (Å²) in [5.74, 6) is 1.74. The van der Waals surface area contributed by atoms with E-state index in [2.05, 4.69) is 15.1 Å². The van der Waals surface area contributed by atoms with Gasteiger partial charge in [0, 0.05) is 37.2 Å². The van der Waals surface area contributed by atoms with Crippen molar-refractivity contribution in [3.8, 4) is 17.2 Å². The summed E-state index contributed by atoms with van der Waals surface area (Å²) in [6, 6.07) is 15.8. The topological polar surface area (TPSA) is 104 Å². The Morgan fingerprint density at radius 2 is 1.87 bits per heavy atom. The van der Waals surface area contributed by atoms with Crippen LogP contribution in [-0.4, -0.2) is 52.4 Å². The van der Waals surface area contributed by atoms with Gasteiger partial charge in [-0.1, -0.05) is 18.2 Å². The molecule has 1 aliphatic rings. The third-order valence-electron chi connectivity index (χ3n) is 5.20. The molecule has 0 spiro atoms. The van der Waals surface area contributed by atoms with Gasteiger partial charge in [-0.3, -0.25) is 15.0 Å². The van der Waals surface area contributed by atoms with Gasteiger partial charge in [0.1, 0.15) is 5.75 Å². The fraction of sp³-hybridized carbons (Fsp3) is 0.364. The number of non-ortho nitro benzene ring substituents is 1. The van der Waals surface area contributed by atoms with Crippen molar-refractivity contribution in [1.82, 2.24) is 15.1 Å². The van der Waals surface area contributed by atoms with Gasteiger partial charge in [-0.25, -0.2) is 0 Å². The molecule has 2 aromatic carbocycles. The van der Waals surface area contributed by atoms with E-state index in [4.69, 9.17) is 13.9 Å². The van der Waals surface area contributed by atoms with Gasteiger partial charge in [-0.05, 0) is 31.2 Å². The van der Waals surface area contributed by atoms with Crippen LogP contribution in [-0.2, 0) is 4.74 Å². The van der Waals surface area contributed by atoms with Crippen LogP contribution in [0, 0.1) is 10.1 Å². The van der Waals surface area contributed by atoms with Crippen molar-refractivity contribution >= 4 is 5.69 Å². The third kappa shape index (κ3) is 5.25. The number of likely N-dealkylation sites (tertiary alicyclic amines) is 1. The predicted octanol–water partition coefficient (Wildman–Crippen LogP) is 3.88. The molecule has 1 unspecified atom stereocenters. The van der Waals surface area contributed by atoms with Crippen LogP contribution in [0.5, 0.6) is 5.75 Å². The summed E-state index contributed by atoms with van der Waals surface area (Å²) in [5.41, 5.74) is 0.675. The first-order chi connectivity index (χ1) is 15.1. The van der Waals surface area contributed by atoms with Gasteiger partial charge in [0.15, 0.2) is 0 Å². The van der Waals surface area contributed by atoms with E-state index in [0.29, 0.717) is 30.6 Å². The van der Waals surface area contributed by atoms with Gasteiger partial charge in [-0.2, -0.15) is 0 Å². The van der Waals surface area contributed by atoms with Crippen molar-refractivity contribution in [2.24, 2.45) is 0 Å². The third-order valence-corrected chi connectivity index (χ3v) is 5.20. The Hall–Kier alpha value is -3.30. The molecule has 0 amide bonds. The summed E-state index contributed by atoms with van der Waals surface area (Å²) in [7, 11) is 0. The lowest BCUT2D eigenvalue weighted by atomic mass is 10.1. The molecule has 2 heterocycles. The van der Waals surface area contributed by atoms with E-state index in [-0.39, 0.29) is 17.8 Å². The van der Waals surface area contributed by atoms with Gasteiger partial charge >= 0.3 is 0 Å². The van der Waals surface area contributed by atoms with E-state index < -0.39 is 4.92 Å². The highest BCUT2D eigenvalue weighted by atomic mass is 16.6. The fourth-order valence-electron chi connectivity index (χ4n) is 3.31. The second-order valence-electron chi connectivity index (χ2n) is 7.39. The maximum Gasteiger partial charge on any atom is 0.269 e. The van der Waals surface area contributed by atoms with Crippen molar-refractivity contribution in [1.29, 1.82) is 0 Å². The first kappa shape index (κ1) is 21.0. The number of ether oxygens (including phenoxy) is 2. The summed E-state index contributed by atoms with van der Waals surface area (Å²) in [5, 5.41) is 19.0. The van der Waals surface area contributed by atoms with Crippen LogP contribution in [0.15, 0.2) is 59.0 Å². The highest BCUT2D eigenvalue weighted by Gasteiger charge is 2.34. The zero-order valence-corrected chi connectivity index (χ0v) is 17.2. The number of nitrogens with zero attached hydrogens (tertiary/aromatic N) is 4. The minimum absolute atomic E-state index is 0.0232. The minimum Gasteiger partial charge on any atom is -0.494 e. The molecule has 3 aromatic rings. The Bertz CT molecular complexity index is 987. The summed E-state index contributed by atoms with van der Waals surface area (Å²) >= 11 is 0. The van der Waals surface area contributed by atoms with Crippen LogP contribution in [0.3, 0.4) is 0 Å². The molecule has 0 radical (unpaired) electrons. The SMILES string of the molecule is CC(c1nnc(-c2ccc([N+](=O)[O-])cc2)o1)N1CC(OCCCOc2ccccc2)C1. The smallest absolute Gasteiger partial charge is 0.269 e. The molecule has 0 saturated carbocycles. The van der Waals surface area contributed by atoms with Gasteiger partial charge in [0.2, 0.25) is 11.8 Å². The molecule has 9 heteroatoms. The second kappa shape index (κ2) is 9.67. The van der Waals surface area contributed by atoms with Gasteiger partial charge in [0.25, 0.3) is 5.69 Å². The van der Waals surface area contributed by atoms with Crippen LogP contribution in [0.25, 0.3) is 11.5 Å². The molecule has 0 aliphatic carbocycles. The van der Waals surface area contributed by atoms with Crippen molar-refractivity contribution in [3.63, 3.8) is 0 Å². The lowest BCUT2D eigenvalue weighted by Gasteiger charge is -2.41. The standard InChI is InChI=1S/C22H24N4O5/c1-16(21-23-24-22(31-21)17-8-10-18(11-9-17)26(27)28)25-14-20(15-25)30-13-5-12-29-19-6-3-2-4-7-19/h2-4,6-11,16,20H,5,12-15H2,1H3. The highest BCUT2D eigenvalue weighted by molar-refractivity contribution is 5.55. The highest BCUT2D eigenvalue weighted by Crippen LogP contribution is 2.28. The predicted molar refractivity (Wildman–Crippen MR) is 113 cm³/mol. The van der Waals surface area contributed by atoms with Crippen LogP contribution < -0.4 is 4.74 Å². The molecule has 1 aromatic heterocycles. The molecule has 31 heavy (non-hydrogen) atoms. The molecule has 0 bridgehead atoms. The normalized spacial score (nSPS) is 15.4. The van der Waals surface area contributed by atoms with Crippen LogP contribution in [0.4, 0.5) is 5.69 Å². The molecular formula is C22H24N4O5. The zero-order valence-electron chi connectivity index (χ0n) is 17.2. The number of rotatable bonds is 10. The Kier molecular flexibility index (Phi) is 6.54. The van der Waals surface area contributed by atoms with E-state index in [9.17, 15) is 10.1 Å². The molecule has 1 aliphatic heterocycles. The van der Waals surface area contributed by atoms with Crippen molar-refractivity contribution in [3.05, 3.63) is 70.6 Å². The number of hydrogen-bond donors (Lipinski definition) is 0. The van der Waals surface area contributed by atoms with E-state index >= 15 is 0 Å². The maximum atomic E-state index is 10.8. The van der Waals surface area contributed by atoms with Crippen molar-refractivity contribution < 1.29 is 18.8 Å². The largest absolute Gasteiger partial charge is 0.494 e. The van der Waals surface area contributed by atoms with E-state index in [1.54, 1.807) is 12.1 Å². The molecule has 1 saturated heterocycles. The average molecular weight is 424 g/mol. The summed E-state index contributed by atoms with van der Waals surface area (Å²) in [6.07, 6.45) is 1.03. The number of nitro benzene ring substituents is 1. The maximum absolute atomic E-state index is 10.8. The molecule has 4 rings (SSSR count). The lowest BCUT2D eigenvalue weighted by molar-refractivity contribution is -0.384. The monoisotopic (exact) mass is 424 g/mol. The minimum atomic E-state index is -0.441. The van der Waals surface area contributed by atoms with Crippen LogP contribution in [0.2, 0.25) is 0 Å². The van der Waals surface area contributed by atoms with E-state index in [1.165, 1.54) is 12.1 Å². The number of aromatic nitrogens is 2. The van der Waals surface area contributed by atoms with Gasteiger partial charge in [-0.15, -0.1) is 10.2 Å². The Morgan fingerprint density at radius 1 is 1.13 bits per heavy atom. The number of nitro groups is 1. The lowest BCUT2D eigenvalue weighted by Crippen LogP contribution is -2.53. The average Bonchev–Trinajstić information content (AvgIpc) is 3.25. The summed E-state index contributed by atoms with van der Waals surface area (Å²) in [6.45, 7) is 4.90. The van der Waals surface area contributed by atoms with E-state index in [1.807, 2.05) is 37.3 Å². The van der Waals surface area contributed by atoms with Crippen molar-refractivity contribution in [2.45, 2.75) is 25.5 Å². The molecule has 0 N–H and O–H groups in total. The number of hydrogen-bond acceptors (Lipinski definition) is 8. The summed E-state index contributed by atoms with van der Waals surface area (Å²) < 4.78 is 17.3. The fourth-order valence-corrected chi connectivity index (χ4v) is 3.31. The number of para-hydroxylation sites is 1. The molecule has 162 valence electrons. The van der Waals surface area contributed by atoms with Crippen LogP contribution >= 0.6 is 0 Å². The first-order valence-corrected chi connectivity index (χ1v) is 10.2. The van der Waals surface area contributed by atoms with Crippen molar-refractivity contribution in [2.75, 3.05) is 26.3 Å². The second-order valence-corrected chi connectivity index (χ2v) is 7.39. The Morgan fingerprint density at radius 3 is 2.58 bits per heavy atom. The zero-order chi connectivity index (χ0) is 21.6. The first-order valence-electron chi connectivity index (χ1n) is 10.2. The Balaban J connectivity index is 1.18. The summed E-state index contributed by atoms with van der Waals surface area (Å²) in [4.78, 5) is 12.5. The number of benzene rings is 2. The molecule has 9 nitrogen and oxygen atoms in total. The molecular weight excluding hydrogens is 400 g/mol. The Labute approximate surface area is 179 Å². The molecule has 1 atom stereocenters.